The molecule has 1 rings (SSSR count). The van der Waals surface area contributed by atoms with Gasteiger partial charge in [-0.2, -0.15) is 0 Å². The summed E-state index contributed by atoms with van der Waals surface area (Å²) in [6, 6.07) is 3.71. The minimum absolute atomic E-state index is 0.214. The van der Waals surface area contributed by atoms with Crippen molar-refractivity contribution in [1.82, 2.24) is 0 Å². The average molecular weight is 239 g/mol. The summed E-state index contributed by atoms with van der Waals surface area (Å²) in [6.45, 7) is 5.00. The Hall–Kier alpha value is -2.11. The van der Waals surface area contributed by atoms with Gasteiger partial charge in [0.25, 0.3) is 0 Å². The third-order valence-electron chi connectivity index (χ3n) is 1.83. The number of phenolic OH excluding ortho intramolecular Hbond substituents is 1. The van der Waals surface area contributed by atoms with Crippen LogP contribution in [0.3, 0.4) is 0 Å². The molecule has 0 radical (unpaired) electrons. The number of carbonyl (C=O) groups excluding carboxylic acids is 1. The van der Waals surface area contributed by atoms with Crippen molar-refractivity contribution in [3.63, 3.8) is 0 Å². The van der Waals surface area contributed by atoms with E-state index in [1.54, 1.807) is 20.8 Å². The molecule has 0 amide bonds. The van der Waals surface area contributed by atoms with Crippen LogP contribution in [0.15, 0.2) is 18.2 Å². The summed E-state index contributed by atoms with van der Waals surface area (Å²) in [7, 11) is 0. The number of nitrogens with zero attached hydrogens (tertiary/aromatic N) is 1. The Balaban J connectivity index is 3.11. The highest BCUT2D eigenvalue weighted by Crippen LogP contribution is 2.30. The first-order valence-electron chi connectivity index (χ1n) is 4.92. The summed E-state index contributed by atoms with van der Waals surface area (Å²) < 4.78 is 5.02. The van der Waals surface area contributed by atoms with Crippen molar-refractivity contribution in [1.29, 1.82) is 0 Å². The van der Waals surface area contributed by atoms with Crippen molar-refractivity contribution >= 4 is 11.7 Å². The summed E-state index contributed by atoms with van der Waals surface area (Å²) in [5.41, 5.74) is -1.46. The van der Waals surface area contributed by atoms with Gasteiger partial charge in [0.15, 0.2) is 0 Å². The van der Waals surface area contributed by atoms with Gasteiger partial charge in [0, 0.05) is 6.07 Å². The number of ether oxygens (including phenoxy) is 1. The number of para-hydroxylation sites is 1. The largest absolute Gasteiger partial charge is 0.501 e. The van der Waals surface area contributed by atoms with Crippen molar-refractivity contribution in [2.45, 2.75) is 26.4 Å². The van der Waals surface area contributed by atoms with Gasteiger partial charge in [-0.15, -0.1) is 0 Å². The molecule has 0 saturated carbocycles. The molecule has 6 nitrogen and oxygen atoms in total. The third-order valence-corrected chi connectivity index (χ3v) is 1.83. The quantitative estimate of drug-likeness (QED) is 0.485. The van der Waals surface area contributed by atoms with Crippen LogP contribution in [0.4, 0.5) is 5.69 Å². The Labute approximate surface area is 98.0 Å². The predicted molar refractivity (Wildman–Crippen MR) is 59.9 cm³/mol. The molecule has 0 unspecified atom stereocenters. The van der Waals surface area contributed by atoms with Crippen LogP contribution in [0.2, 0.25) is 0 Å². The van der Waals surface area contributed by atoms with Crippen molar-refractivity contribution in [3.8, 4) is 5.75 Å². The molecule has 0 bridgehead atoms. The monoisotopic (exact) mass is 239 g/mol. The molecule has 1 aromatic rings. The minimum Gasteiger partial charge on any atom is -0.501 e. The van der Waals surface area contributed by atoms with Gasteiger partial charge in [-0.1, -0.05) is 6.07 Å². The van der Waals surface area contributed by atoms with Crippen molar-refractivity contribution in [2.75, 3.05) is 0 Å². The molecule has 0 aliphatic rings. The Bertz CT molecular complexity index is 461. The predicted octanol–water partition coefficient (Wildman–Crippen LogP) is 2.26. The van der Waals surface area contributed by atoms with Crippen LogP contribution in [0.1, 0.15) is 31.1 Å². The standard InChI is InChI=1S/C11H13NO5/c1-11(2,3)17-10(14)7-5-4-6-8(9(7)13)12(15)16/h4-6,13H,1-3H3. The van der Waals surface area contributed by atoms with Crippen LogP contribution < -0.4 is 0 Å². The number of hydrogen-bond donors (Lipinski definition) is 1. The fourth-order valence-corrected chi connectivity index (χ4v) is 1.18. The maximum Gasteiger partial charge on any atom is 0.342 e. The molecule has 0 heterocycles. The maximum atomic E-state index is 11.7. The first-order chi connectivity index (χ1) is 7.72. The molecule has 0 fully saturated rings. The van der Waals surface area contributed by atoms with E-state index in [1.165, 1.54) is 12.1 Å². The number of rotatable bonds is 2. The average Bonchev–Trinajstić information content (AvgIpc) is 2.14. The van der Waals surface area contributed by atoms with E-state index in [-0.39, 0.29) is 5.56 Å². The Morgan fingerprint density at radius 2 is 2.00 bits per heavy atom. The fraction of sp³-hybridized carbons (Fsp3) is 0.364. The van der Waals surface area contributed by atoms with Gasteiger partial charge in [-0.3, -0.25) is 10.1 Å². The number of benzene rings is 1. The smallest absolute Gasteiger partial charge is 0.342 e. The van der Waals surface area contributed by atoms with E-state index in [4.69, 9.17) is 4.74 Å². The summed E-state index contributed by atoms with van der Waals surface area (Å²) in [5, 5.41) is 20.2. The van der Waals surface area contributed by atoms with Gasteiger partial charge >= 0.3 is 11.7 Å². The molecule has 6 heteroatoms. The first-order valence-corrected chi connectivity index (χ1v) is 4.92. The molecule has 17 heavy (non-hydrogen) atoms. The molecular formula is C11H13NO5. The topological polar surface area (TPSA) is 89.7 Å². The van der Waals surface area contributed by atoms with Gasteiger partial charge in [0.2, 0.25) is 5.75 Å². The Morgan fingerprint density at radius 3 is 2.47 bits per heavy atom. The second kappa shape index (κ2) is 4.40. The number of nitro benzene ring substituents is 1. The molecular weight excluding hydrogens is 226 g/mol. The highest BCUT2D eigenvalue weighted by Gasteiger charge is 2.25. The van der Waals surface area contributed by atoms with Crippen LogP contribution >= 0.6 is 0 Å². The zero-order chi connectivity index (χ0) is 13.2. The van der Waals surface area contributed by atoms with E-state index in [0.717, 1.165) is 6.07 Å². The highest BCUT2D eigenvalue weighted by molar-refractivity contribution is 5.94. The highest BCUT2D eigenvalue weighted by atomic mass is 16.6. The van der Waals surface area contributed by atoms with E-state index in [2.05, 4.69) is 0 Å². The molecule has 0 atom stereocenters. The summed E-state index contributed by atoms with van der Waals surface area (Å²) >= 11 is 0. The lowest BCUT2D eigenvalue weighted by molar-refractivity contribution is -0.385. The lowest BCUT2D eigenvalue weighted by Gasteiger charge is -2.19. The van der Waals surface area contributed by atoms with Crippen LogP contribution in [0.25, 0.3) is 0 Å². The summed E-state index contributed by atoms with van der Waals surface area (Å²) in [4.78, 5) is 21.5. The van der Waals surface area contributed by atoms with Crippen LogP contribution in [-0.4, -0.2) is 21.6 Å². The van der Waals surface area contributed by atoms with E-state index < -0.39 is 27.9 Å². The number of phenols is 1. The number of hydrogen-bond acceptors (Lipinski definition) is 5. The molecule has 1 aromatic carbocycles. The SMILES string of the molecule is CC(C)(C)OC(=O)c1cccc([N+](=O)[O-])c1O. The Kier molecular flexibility index (Phi) is 3.36. The van der Waals surface area contributed by atoms with E-state index in [0.29, 0.717) is 0 Å². The van der Waals surface area contributed by atoms with Crippen molar-refractivity contribution in [3.05, 3.63) is 33.9 Å². The van der Waals surface area contributed by atoms with Crippen LogP contribution in [-0.2, 0) is 4.74 Å². The van der Waals surface area contributed by atoms with E-state index in [1.807, 2.05) is 0 Å². The molecule has 0 spiro atoms. The third kappa shape index (κ3) is 3.17. The minimum atomic E-state index is -0.793. The maximum absolute atomic E-state index is 11.7. The van der Waals surface area contributed by atoms with Gasteiger partial charge in [0.1, 0.15) is 11.2 Å². The molecule has 0 aliphatic heterocycles. The zero-order valence-electron chi connectivity index (χ0n) is 9.76. The van der Waals surface area contributed by atoms with Crippen molar-refractivity contribution < 1.29 is 19.6 Å². The van der Waals surface area contributed by atoms with Gasteiger partial charge in [0.05, 0.1) is 4.92 Å². The number of aromatic hydroxyl groups is 1. The van der Waals surface area contributed by atoms with Crippen LogP contribution in [0.5, 0.6) is 5.75 Å². The zero-order valence-corrected chi connectivity index (χ0v) is 9.76. The van der Waals surface area contributed by atoms with Gasteiger partial charge in [-0.05, 0) is 26.8 Å². The van der Waals surface area contributed by atoms with Gasteiger partial charge < -0.3 is 9.84 Å². The molecule has 92 valence electrons. The normalized spacial score (nSPS) is 11.0. The summed E-state index contributed by atoms with van der Waals surface area (Å²) in [5.74, 6) is -1.47. The van der Waals surface area contributed by atoms with Crippen LogP contribution in [0, 0.1) is 10.1 Å². The molecule has 0 aliphatic carbocycles. The van der Waals surface area contributed by atoms with Gasteiger partial charge in [-0.25, -0.2) is 4.79 Å². The molecule has 0 saturated heterocycles. The lowest BCUT2D eigenvalue weighted by atomic mass is 10.1. The second-order valence-electron chi connectivity index (χ2n) is 4.43. The lowest BCUT2D eigenvalue weighted by Crippen LogP contribution is -2.24. The number of nitro groups is 1. The Morgan fingerprint density at radius 1 is 1.41 bits per heavy atom. The fourth-order valence-electron chi connectivity index (χ4n) is 1.18. The second-order valence-corrected chi connectivity index (χ2v) is 4.43. The summed E-state index contributed by atoms with van der Waals surface area (Å²) in [6.07, 6.45) is 0. The molecule has 1 N–H and O–H groups in total. The first kappa shape index (κ1) is 13.0. The van der Waals surface area contributed by atoms with E-state index in [9.17, 15) is 20.0 Å². The molecule has 0 aromatic heterocycles. The van der Waals surface area contributed by atoms with Crippen molar-refractivity contribution in [2.24, 2.45) is 0 Å². The number of esters is 1. The van der Waals surface area contributed by atoms with E-state index >= 15 is 0 Å². The number of carbonyl (C=O) groups is 1.